The summed E-state index contributed by atoms with van der Waals surface area (Å²) < 4.78 is 7.23. The quantitative estimate of drug-likeness (QED) is 0.767. The van der Waals surface area contributed by atoms with Crippen molar-refractivity contribution in [2.75, 3.05) is 7.11 Å². The molecular weight excluding hydrogens is 214 g/mol. The molecule has 0 aliphatic carbocycles. The first-order valence-corrected chi connectivity index (χ1v) is 4.61. The highest BCUT2D eigenvalue weighted by Gasteiger charge is 2.08. The summed E-state index contributed by atoms with van der Waals surface area (Å²) in [4.78, 5) is 8.19. The number of aromatic amines is 1. The highest BCUT2D eigenvalue weighted by Crippen LogP contribution is 2.14. The van der Waals surface area contributed by atoms with Crippen LogP contribution < -0.4 is 4.74 Å². The van der Waals surface area contributed by atoms with Crippen molar-refractivity contribution in [3.8, 4) is 17.4 Å². The zero-order valence-electron chi connectivity index (χ0n) is 8.26. The molecular formula is C8H9N5OS. The number of rotatable bonds is 2. The van der Waals surface area contributed by atoms with Crippen LogP contribution in [0, 0.1) is 4.77 Å². The van der Waals surface area contributed by atoms with Crippen molar-refractivity contribution in [1.29, 1.82) is 0 Å². The first-order chi connectivity index (χ1) is 7.22. The van der Waals surface area contributed by atoms with Gasteiger partial charge in [0.15, 0.2) is 10.6 Å². The molecule has 0 aromatic carbocycles. The molecule has 6 nitrogen and oxygen atoms in total. The second-order valence-corrected chi connectivity index (χ2v) is 3.24. The van der Waals surface area contributed by atoms with Gasteiger partial charge in [-0.15, -0.1) is 0 Å². The molecule has 0 radical (unpaired) electrons. The van der Waals surface area contributed by atoms with Gasteiger partial charge < -0.3 is 9.30 Å². The molecule has 2 heterocycles. The van der Waals surface area contributed by atoms with E-state index in [9.17, 15) is 0 Å². The van der Waals surface area contributed by atoms with Crippen LogP contribution in [0.3, 0.4) is 0 Å². The summed E-state index contributed by atoms with van der Waals surface area (Å²) in [6.45, 7) is 0. The van der Waals surface area contributed by atoms with E-state index in [0.29, 0.717) is 22.2 Å². The van der Waals surface area contributed by atoms with Crippen LogP contribution in [0.25, 0.3) is 11.5 Å². The van der Waals surface area contributed by atoms with E-state index < -0.39 is 0 Å². The molecule has 0 fully saturated rings. The van der Waals surface area contributed by atoms with E-state index >= 15 is 0 Å². The van der Waals surface area contributed by atoms with Gasteiger partial charge in [-0.3, -0.25) is 10.1 Å². The first kappa shape index (κ1) is 9.78. The van der Waals surface area contributed by atoms with Gasteiger partial charge in [-0.2, -0.15) is 5.10 Å². The maximum Gasteiger partial charge on any atom is 0.232 e. The molecule has 0 bridgehead atoms. The molecule has 0 aliphatic heterocycles. The number of nitrogens with one attached hydrogen (secondary N) is 1. The lowest BCUT2D eigenvalue weighted by molar-refractivity contribution is 0.396. The lowest BCUT2D eigenvalue weighted by atomic mass is 10.4. The Kier molecular flexibility index (Phi) is 2.46. The standard InChI is InChI=1S/C8H9N5OS/c1-13-7(11-12-8(13)15)5-3-9-4-6(10-5)14-2/h3-4H,1-2H3,(H,12,15). The minimum atomic E-state index is 0.446. The van der Waals surface area contributed by atoms with E-state index in [1.54, 1.807) is 10.8 Å². The van der Waals surface area contributed by atoms with Crippen LogP contribution in [-0.4, -0.2) is 31.8 Å². The Morgan fingerprint density at radius 1 is 1.47 bits per heavy atom. The van der Waals surface area contributed by atoms with Gasteiger partial charge >= 0.3 is 0 Å². The molecule has 15 heavy (non-hydrogen) atoms. The van der Waals surface area contributed by atoms with Crippen molar-refractivity contribution in [2.45, 2.75) is 0 Å². The van der Waals surface area contributed by atoms with Gasteiger partial charge in [0.05, 0.1) is 19.5 Å². The van der Waals surface area contributed by atoms with Crippen LogP contribution in [0.15, 0.2) is 12.4 Å². The van der Waals surface area contributed by atoms with Crippen molar-refractivity contribution >= 4 is 12.2 Å². The second kappa shape index (κ2) is 3.77. The summed E-state index contributed by atoms with van der Waals surface area (Å²) in [5.41, 5.74) is 0.615. The number of hydrogen-bond acceptors (Lipinski definition) is 5. The molecule has 2 rings (SSSR count). The summed E-state index contributed by atoms with van der Waals surface area (Å²) >= 11 is 5.00. The van der Waals surface area contributed by atoms with E-state index in [2.05, 4.69) is 20.2 Å². The molecule has 78 valence electrons. The predicted molar refractivity (Wildman–Crippen MR) is 56.0 cm³/mol. The third kappa shape index (κ3) is 1.73. The van der Waals surface area contributed by atoms with Crippen molar-refractivity contribution < 1.29 is 4.74 Å². The highest BCUT2D eigenvalue weighted by molar-refractivity contribution is 7.71. The molecule has 2 aromatic heterocycles. The predicted octanol–water partition coefficient (Wildman–Crippen LogP) is 0.943. The second-order valence-electron chi connectivity index (χ2n) is 2.86. The number of hydrogen-bond donors (Lipinski definition) is 1. The molecule has 0 atom stereocenters. The summed E-state index contributed by atoms with van der Waals surface area (Å²) in [6, 6.07) is 0. The largest absolute Gasteiger partial charge is 0.480 e. The number of nitrogens with zero attached hydrogens (tertiary/aromatic N) is 4. The molecule has 0 aliphatic rings. The number of ether oxygens (including phenoxy) is 1. The first-order valence-electron chi connectivity index (χ1n) is 4.20. The maximum absolute atomic E-state index is 5.00. The van der Waals surface area contributed by atoms with E-state index in [0.717, 1.165) is 0 Å². The summed E-state index contributed by atoms with van der Waals surface area (Å²) in [7, 11) is 3.35. The average molecular weight is 223 g/mol. The van der Waals surface area contributed by atoms with Crippen LogP contribution in [0.1, 0.15) is 0 Å². The van der Waals surface area contributed by atoms with Crippen LogP contribution >= 0.6 is 12.2 Å². The van der Waals surface area contributed by atoms with Gasteiger partial charge in [0.25, 0.3) is 0 Å². The zero-order valence-corrected chi connectivity index (χ0v) is 9.08. The molecule has 7 heteroatoms. The number of H-pyrrole nitrogens is 1. The Morgan fingerprint density at radius 3 is 2.87 bits per heavy atom. The summed E-state index contributed by atoms with van der Waals surface area (Å²) in [5.74, 6) is 1.08. The molecule has 0 unspecified atom stereocenters. The average Bonchev–Trinajstić information content (AvgIpc) is 2.60. The van der Waals surface area contributed by atoms with Gasteiger partial charge in [-0.05, 0) is 12.2 Å². The van der Waals surface area contributed by atoms with Crippen LogP contribution in [0.5, 0.6) is 5.88 Å². The molecule has 0 amide bonds. The fourth-order valence-corrected chi connectivity index (χ4v) is 1.26. The van der Waals surface area contributed by atoms with Gasteiger partial charge in [-0.25, -0.2) is 4.98 Å². The van der Waals surface area contributed by atoms with Gasteiger partial charge in [0.2, 0.25) is 5.88 Å². The third-order valence-corrected chi connectivity index (χ3v) is 2.30. The van der Waals surface area contributed by atoms with Gasteiger partial charge in [0.1, 0.15) is 5.69 Å². The summed E-state index contributed by atoms with van der Waals surface area (Å²) in [6.07, 6.45) is 3.14. The normalized spacial score (nSPS) is 10.3. The van der Waals surface area contributed by atoms with Gasteiger partial charge in [-0.1, -0.05) is 0 Å². The number of methoxy groups -OCH3 is 1. The van der Waals surface area contributed by atoms with Gasteiger partial charge in [0, 0.05) is 7.05 Å². The van der Waals surface area contributed by atoms with Crippen molar-refractivity contribution in [3.05, 3.63) is 17.2 Å². The Hall–Kier alpha value is -1.76. The van der Waals surface area contributed by atoms with Crippen molar-refractivity contribution in [2.24, 2.45) is 7.05 Å². The third-order valence-electron chi connectivity index (χ3n) is 1.93. The summed E-state index contributed by atoms with van der Waals surface area (Å²) in [5, 5.41) is 6.73. The monoisotopic (exact) mass is 223 g/mol. The smallest absolute Gasteiger partial charge is 0.232 e. The maximum atomic E-state index is 5.00. The molecule has 2 aromatic rings. The van der Waals surface area contributed by atoms with Crippen molar-refractivity contribution in [1.82, 2.24) is 24.7 Å². The highest BCUT2D eigenvalue weighted by atomic mass is 32.1. The Balaban J connectivity index is 2.54. The SMILES string of the molecule is COc1cncc(-c2n[nH]c(=S)n2C)n1. The van der Waals surface area contributed by atoms with E-state index in [1.807, 2.05) is 7.05 Å². The van der Waals surface area contributed by atoms with Crippen LogP contribution in [0.2, 0.25) is 0 Å². The van der Waals surface area contributed by atoms with Crippen LogP contribution in [0.4, 0.5) is 0 Å². The molecule has 1 N–H and O–H groups in total. The molecule has 0 saturated carbocycles. The Bertz CT molecular complexity index is 532. The lowest BCUT2D eigenvalue weighted by Crippen LogP contribution is -1.97. The topological polar surface area (TPSA) is 68.6 Å². The van der Waals surface area contributed by atoms with Crippen LogP contribution in [-0.2, 0) is 7.05 Å². The lowest BCUT2D eigenvalue weighted by Gasteiger charge is -2.01. The fourth-order valence-electron chi connectivity index (χ4n) is 1.13. The molecule has 0 saturated heterocycles. The zero-order chi connectivity index (χ0) is 10.8. The number of aromatic nitrogens is 5. The Morgan fingerprint density at radius 2 is 2.27 bits per heavy atom. The molecule has 0 spiro atoms. The van der Waals surface area contributed by atoms with E-state index in [1.165, 1.54) is 13.3 Å². The van der Waals surface area contributed by atoms with Crippen molar-refractivity contribution in [3.63, 3.8) is 0 Å². The minimum Gasteiger partial charge on any atom is -0.480 e. The fraction of sp³-hybridized carbons (Fsp3) is 0.250. The van der Waals surface area contributed by atoms with E-state index in [-0.39, 0.29) is 0 Å². The minimum absolute atomic E-state index is 0.446. The Labute approximate surface area is 91.0 Å². The van der Waals surface area contributed by atoms with E-state index in [4.69, 9.17) is 17.0 Å².